The van der Waals surface area contributed by atoms with E-state index < -0.39 is 41.8 Å². The molecule has 0 saturated carbocycles. The maximum Gasteiger partial charge on any atom is 0.433 e. The molecule has 0 aromatic carbocycles. The standard InChI is InChI=1S/C12H12F5NO3/c1-3-21-8(19)4-6-7(20-2)5-18-10(12(15,16)17)9(6)11(13)14/h5,11H,3-4H2,1-2H3. The number of esters is 1. The summed E-state index contributed by atoms with van der Waals surface area (Å²) in [5.74, 6) is -1.26. The zero-order chi connectivity index (χ0) is 16.2. The van der Waals surface area contributed by atoms with Crippen molar-refractivity contribution in [2.24, 2.45) is 0 Å². The van der Waals surface area contributed by atoms with Crippen molar-refractivity contribution in [1.82, 2.24) is 4.98 Å². The highest BCUT2D eigenvalue weighted by Gasteiger charge is 2.40. The lowest BCUT2D eigenvalue weighted by Gasteiger charge is -2.17. The first kappa shape index (κ1) is 17.1. The first-order valence-corrected chi connectivity index (χ1v) is 5.79. The number of alkyl halides is 5. The van der Waals surface area contributed by atoms with Crippen LogP contribution in [-0.4, -0.2) is 24.7 Å². The summed E-state index contributed by atoms with van der Waals surface area (Å²) in [6, 6.07) is 0. The van der Waals surface area contributed by atoms with Gasteiger partial charge in [0, 0.05) is 5.56 Å². The first-order valence-electron chi connectivity index (χ1n) is 5.79. The molecule has 0 aliphatic rings. The second-order valence-corrected chi connectivity index (χ2v) is 3.85. The summed E-state index contributed by atoms with van der Waals surface area (Å²) in [6.45, 7) is 1.46. The molecule has 21 heavy (non-hydrogen) atoms. The van der Waals surface area contributed by atoms with Crippen molar-refractivity contribution in [2.75, 3.05) is 13.7 Å². The fourth-order valence-electron chi connectivity index (χ4n) is 1.72. The Labute approximate surface area is 116 Å². The molecule has 0 aliphatic carbocycles. The molecule has 0 atom stereocenters. The van der Waals surface area contributed by atoms with Crippen molar-refractivity contribution in [2.45, 2.75) is 25.9 Å². The number of hydrogen-bond acceptors (Lipinski definition) is 4. The van der Waals surface area contributed by atoms with E-state index in [1.165, 1.54) is 6.92 Å². The maximum atomic E-state index is 13.0. The molecule has 0 fully saturated rings. The molecule has 1 aromatic heterocycles. The zero-order valence-electron chi connectivity index (χ0n) is 11.1. The second kappa shape index (κ2) is 6.68. The van der Waals surface area contributed by atoms with Crippen LogP contribution in [0.5, 0.6) is 5.75 Å². The summed E-state index contributed by atoms with van der Waals surface area (Å²) in [5.41, 5.74) is -3.68. The van der Waals surface area contributed by atoms with E-state index in [0.29, 0.717) is 6.20 Å². The smallest absolute Gasteiger partial charge is 0.433 e. The van der Waals surface area contributed by atoms with Gasteiger partial charge in [0.2, 0.25) is 0 Å². The Morgan fingerprint density at radius 3 is 2.43 bits per heavy atom. The highest BCUT2D eigenvalue weighted by Crippen LogP contribution is 2.39. The monoisotopic (exact) mass is 313 g/mol. The number of carbonyl (C=O) groups is 1. The van der Waals surface area contributed by atoms with E-state index in [0.717, 1.165) is 7.11 Å². The summed E-state index contributed by atoms with van der Waals surface area (Å²) >= 11 is 0. The minimum absolute atomic E-state index is 0.0254. The fraction of sp³-hybridized carbons (Fsp3) is 0.500. The molecule has 0 radical (unpaired) electrons. The van der Waals surface area contributed by atoms with Crippen LogP contribution in [0, 0.1) is 0 Å². The minimum Gasteiger partial charge on any atom is -0.495 e. The fourth-order valence-corrected chi connectivity index (χ4v) is 1.72. The van der Waals surface area contributed by atoms with Crippen molar-refractivity contribution in [3.8, 4) is 5.75 Å². The average Bonchev–Trinajstić information content (AvgIpc) is 2.36. The predicted molar refractivity (Wildman–Crippen MR) is 61.1 cm³/mol. The molecule has 9 heteroatoms. The molecule has 1 aromatic rings. The van der Waals surface area contributed by atoms with Crippen molar-refractivity contribution in [1.29, 1.82) is 0 Å². The Kier molecular flexibility index (Phi) is 5.45. The summed E-state index contributed by atoms with van der Waals surface area (Å²) in [4.78, 5) is 14.4. The van der Waals surface area contributed by atoms with E-state index in [1.54, 1.807) is 0 Å². The lowest BCUT2D eigenvalue weighted by atomic mass is 10.0. The number of nitrogens with zero attached hydrogens (tertiary/aromatic N) is 1. The van der Waals surface area contributed by atoms with Gasteiger partial charge in [0.25, 0.3) is 6.43 Å². The third-order valence-electron chi connectivity index (χ3n) is 2.52. The number of halogens is 5. The largest absolute Gasteiger partial charge is 0.495 e. The molecule has 4 nitrogen and oxygen atoms in total. The number of aromatic nitrogens is 1. The first-order chi connectivity index (χ1) is 9.72. The van der Waals surface area contributed by atoms with Gasteiger partial charge < -0.3 is 9.47 Å². The molecule has 0 spiro atoms. The normalized spacial score (nSPS) is 11.6. The third kappa shape index (κ3) is 4.02. The number of methoxy groups -OCH3 is 1. The van der Waals surface area contributed by atoms with Gasteiger partial charge in [-0.3, -0.25) is 4.79 Å². The van der Waals surface area contributed by atoms with Crippen LogP contribution in [0.3, 0.4) is 0 Å². The van der Waals surface area contributed by atoms with Crippen LogP contribution in [0.2, 0.25) is 0 Å². The zero-order valence-corrected chi connectivity index (χ0v) is 11.1. The molecule has 0 N–H and O–H groups in total. The lowest BCUT2D eigenvalue weighted by Crippen LogP contribution is -2.18. The van der Waals surface area contributed by atoms with Gasteiger partial charge in [-0.2, -0.15) is 13.2 Å². The Morgan fingerprint density at radius 2 is 2.00 bits per heavy atom. The summed E-state index contributed by atoms with van der Waals surface area (Å²) in [7, 11) is 1.08. The van der Waals surface area contributed by atoms with Gasteiger partial charge in [-0.25, -0.2) is 13.8 Å². The SMILES string of the molecule is CCOC(=O)Cc1c(OC)cnc(C(F)(F)F)c1C(F)F. The number of carbonyl (C=O) groups excluding carboxylic acids is 1. The Bertz CT molecular complexity index is 516. The van der Waals surface area contributed by atoms with Crippen LogP contribution in [0.25, 0.3) is 0 Å². The average molecular weight is 313 g/mol. The Morgan fingerprint density at radius 1 is 1.38 bits per heavy atom. The van der Waals surface area contributed by atoms with Gasteiger partial charge in [-0.15, -0.1) is 0 Å². The number of pyridine rings is 1. The lowest BCUT2D eigenvalue weighted by molar-refractivity contribution is -0.144. The number of rotatable bonds is 5. The van der Waals surface area contributed by atoms with Crippen LogP contribution in [0.4, 0.5) is 22.0 Å². The minimum atomic E-state index is -5.07. The molecule has 0 aliphatic heterocycles. The number of hydrogen-bond donors (Lipinski definition) is 0. The number of ether oxygens (including phenoxy) is 2. The highest BCUT2D eigenvalue weighted by atomic mass is 19.4. The Hall–Kier alpha value is -1.93. The van der Waals surface area contributed by atoms with Crippen LogP contribution in [-0.2, 0) is 22.1 Å². The van der Waals surface area contributed by atoms with Crippen LogP contribution in [0.15, 0.2) is 6.20 Å². The van der Waals surface area contributed by atoms with Gasteiger partial charge in [-0.05, 0) is 6.92 Å². The molecule has 0 bridgehead atoms. The van der Waals surface area contributed by atoms with Crippen molar-refractivity contribution >= 4 is 5.97 Å². The maximum absolute atomic E-state index is 13.0. The van der Waals surface area contributed by atoms with E-state index in [2.05, 4.69) is 9.72 Å². The third-order valence-corrected chi connectivity index (χ3v) is 2.52. The molecule has 1 heterocycles. The van der Waals surface area contributed by atoms with E-state index in [1.807, 2.05) is 0 Å². The van der Waals surface area contributed by atoms with Crippen LogP contribution < -0.4 is 4.74 Å². The molecular weight excluding hydrogens is 301 g/mol. The topological polar surface area (TPSA) is 48.4 Å². The molecule has 0 amide bonds. The molecule has 0 saturated heterocycles. The molecule has 0 unspecified atom stereocenters. The van der Waals surface area contributed by atoms with Gasteiger partial charge in [0.1, 0.15) is 5.75 Å². The van der Waals surface area contributed by atoms with Gasteiger partial charge in [0.05, 0.1) is 31.9 Å². The van der Waals surface area contributed by atoms with Crippen molar-refractivity contribution in [3.05, 3.63) is 23.0 Å². The van der Waals surface area contributed by atoms with Crippen LogP contribution >= 0.6 is 0 Å². The summed E-state index contributed by atoms with van der Waals surface area (Å²) in [6.07, 6.45) is -8.64. The Balaban J connectivity index is 3.45. The second-order valence-electron chi connectivity index (χ2n) is 3.85. The van der Waals surface area contributed by atoms with E-state index in [-0.39, 0.29) is 12.4 Å². The van der Waals surface area contributed by atoms with E-state index >= 15 is 0 Å². The van der Waals surface area contributed by atoms with Gasteiger partial charge in [-0.1, -0.05) is 0 Å². The van der Waals surface area contributed by atoms with Crippen molar-refractivity contribution in [3.63, 3.8) is 0 Å². The van der Waals surface area contributed by atoms with E-state index in [9.17, 15) is 26.7 Å². The van der Waals surface area contributed by atoms with Gasteiger partial charge >= 0.3 is 12.1 Å². The van der Waals surface area contributed by atoms with E-state index in [4.69, 9.17) is 4.74 Å². The summed E-state index contributed by atoms with van der Waals surface area (Å²) in [5, 5.41) is 0. The molecule has 118 valence electrons. The molecule has 1 rings (SSSR count). The highest BCUT2D eigenvalue weighted by molar-refractivity contribution is 5.74. The van der Waals surface area contributed by atoms with Crippen LogP contribution in [0.1, 0.15) is 30.2 Å². The summed E-state index contributed by atoms with van der Waals surface area (Å²) < 4.78 is 73.6. The quantitative estimate of drug-likeness (QED) is 0.619. The predicted octanol–water partition coefficient (Wildman–Crippen LogP) is 3.15. The van der Waals surface area contributed by atoms with Gasteiger partial charge in [0.15, 0.2) is 5.69 Å². The van der Waals surface area contributed by atoms with Crippen molar-refractivity contribution < 1.29 is 36.2 Å². The molecular formula is C12H12F5NO3.